The third-order valence-corrected chi connectivity index (χ3v) is 5.83. The van der Waals surface area contributed by atoms with Gasteiger partial charge in [0.2, 0.25) is 0 Å². The lowest BCUT2D eigenvalue weighted by Gasteiger charge is -2.46. The number of ether oxygens (including phenoxy) is 1. The van der Waals surface area contributed by atoms with Gasteiger partial charge in [0.15, 0.2) is 0 Å². The lowest BCUT2D eigenvalue weighted by Crippen LogP contribution is -2.51. The summed E-state index contributed by atoms with van der Waals surface area (Å²) in [5.74, 6) is 0.819. The topological polar surface area (TPSA) is 52.9 Å². The van der Waals surface area contributed by atoms with Crippen LogP contribution in [0.15, 0.2) is 48.5 Å². The van der Waals surface area contributed by atoms with E-state index in [9.17, 15) is 10.2 Å². The van der Waals surface area contributed by atoms with Crippen molar-refractivity contribution in [2.45, 2.75) is 44.0 Å². The van der Waals surface area contributed by atoms with Gasteiger partial charge in [-0.25, -0.2) is 0 Å². The first-order chi connectivity index (χ1) is 12.5. The number of para-hydroxylation sites is 1. The summed E-state index contributed by atoms with van der Waals surface area (Å²) in [5.41, 5.74) is 2.79. The quantitative estimate of drug-likeness (QED) is 0.888. The molecule has 0 aliphatic carbocycles. The molecule has 2 aliphatic heterocycles. The third kappa shape index (κ3) is 3.50. The first kappa shape index (κ1) is 17.5. The van der Waals surface area contributed by atoms with Gasteiger partial charge < -0.3 is 19.8 Å². The van der Waals surface area contributed by atoms with Crippen LogP contribution in [0.1, 0.15) is 48.2 Å². The minimum Gasteiger partial charge on any atom is -0.487 e. The van der Waals surface area contributed by atoms with E-state index in [4.69, 9.17) is 4.74 Å². The van der Waals surface area contributed by atoms with E-state index in [-0.39, 0.29) is 5.60 Å². The number of β-amino-alcohol motifs (C(OH)–C–C–N with tert-alkyl or cyclic N) is 1. The number of fused-ring (bicyclic) bond motifs is 1. The molecule has 2 aromatic rings. The second-order valence-electron chi connectivity index (χ2n) is 7.77. The molecule has 4 nitrogen and oxygen atoms in total. The predicted octanol–water partition coefficient (Wildman–Crippen LogP) is 3.38. The molecule has 2 N–H and O–H groups in total. The molecular formula is C22H27NO3. The molecule has 2 heterocycles. The monoisotopic (exact) mass is 353 g/mol. The van der Waals surface area contributed by atoms with Gasteiger partial charge in [0.1, 0.15) is 11.4 Å². The fourth-order valence-corrected chi connectivity index (χ4v) is 4.17. The molecule has 4 heteroatoms. The van der Waals surface area contributed by atoms with Gasteiger partial charge in [0, 0.05) is 31.6 Å². The number of hydrogen-bond acceptors (Lipinski definition) is 4. The molecule has 0 saturated carbocycles. The van der Waals surface area contributed by atoms with Gasteiger partial charge in [0.05, 0.1) is 12.2 Å². The number of piperidine rings is 1. The van der Waals surface area contributed by atoms with E-state index in [1.54, 1.807) is 0 Å². The van der Waals surface area contributed by atoms with Crippen molar-refractivity contribution in [3.63, 3.8) is 0 Å². The van der Waals surface area contributed by atoms with Crippen molar-refractivity contribution in [3.8, 4) is 5.75 Å². The molecular weight excluding hydrogens is 326 g/mol. The summed E-state index contributed by atoms with van der Waals surface area (Å²) in [6.07, 6.45) is 1.48. The van der Waals surface area contributed by atoms with Crippen LogP contribution in [0.25, 0.3) is 0 Å². The summed E-state index contributed by atoms with van der Waals surface area (Å²) < 4.78 is 6.33. The average molecular weight is 353 g/mol. The summed E-state index contributed by atoms with van der Waals surface area (Å²) in [7, 11) is 0. The summed E-state index contributed by atoms with van der Waals surface area (Å²) in [4.78, 5) is 2.30. The van der Waals surface area contributed by atoms with Gasteiger partial charge in [-0.2, -0.15) is 0 Å². The van der Waals surface area contributed by atoms with Crippen LogP contribution in [0.4, 0.5) is 0 Å². The summed E-state index contributed by atoms with van der Waals surface area (Å²) in [5, 5.41) is 21.1. The van der Waals surface area contributed by atoms with Crippen molar-refractivity contribution in [1.29, 1.82) is 0 Å². The van der Waals surface area contributed by atoms with Crippen molar-refractivity contribution in [1.82, 2.24) is 4.90 Å². The fraction of sp³-hybridized carbons (Fsp3) is 0.455. The third-order valence-electron chi connectivity index (χ3n) is 5.83. The summed E-state index contributed by atoms with van der Waals surface area (Å²) in [6, 6.07) is 15.9. The Morgan fingerprint density at radius 3 is 2.54 bits per heavy atom. The largest absolute Gasteiger partial charge is 0.487 e. The molecule has 1 fully saturated rings. The first-order valence-electron chi connectivity index (χ1n) is 9.48. The SMILES string of the molecule is Cc1ccc([C@@H](O)CN2CCC3(CC2)C[C@@H](O)c2ccccc2O3)cc1. The molecule has 0 aromatic heterocycles. The predicted molar refractivity (Wildman–Crippen MR) is 101 cm³/mol. The second-order valence-corrected chi connectivity index (χ2v) is 7.77. The van der Waals surface area contributed by atoms with Gasteiger partial charge in [-0.1, -0.05) is 48.0 Å². The molecule has 26 heavy (non-hydrogen) atoms. The molecule has 138 valence electrons. The lowest BCUT2D eigenvalue weighted by atomic mass is 9.81. The van der Waals surface area contributed by atoms with Gasteiger partial charge in [-0.3, -0.25) is 0 Å². The van der Waals surface area contributed by atoms with Crippen LogP contribution in [0.2, 0.25) is 0 Å². The first-order valence-corrected chi connectivity index (χ1v) is 9.48. The zero-order valence-electron chi connectivity index (χ0n) is 15.3. The van der Waals surface area contributed by atoms with E-state index < -0.39 is 12.2 Å². The van der Waals surface area contributed by atoms with Crippen LogP contribution in [0, 0.1) is 6.92 Å². The number of aliphatic hydroxyl groups is 2. The normalized spacial score (nSPS) is 23.3. The summed E-state index contributed by atoms with van der Waals surface area (Å²) >= 11 is 0. The van der Waals surface area contributed by atoms with Gasteiger partial charge >= 0.3 is 0 Å². The maximum atomic E-state index is 10.5. The van der Waals surface area contributed by atoms with E-state index in [0.29, 0.717) is 13.0 Å². The van der Waals surface area contributed by atoms with Crippen LogP contribution in [0.5, 0.6) is 5.75 Å². The fourth-order valence-electron chi connectivity index (χ4n) is 4.17. The van der Waals surface area contributed by atoms with Crippen LogP contribution in [-0.2, 0) is 0 Å². The molecule has 1 spiro atoms. The van der Waals surface area contributed by atoms with Crippen molar-refractivity contribution < 1.29 is 14.9 Å². The highest BCUT2D eigenvalue weighted by Crippen LogP contribution is 2.44. The van der Waals surface area contributed by atoms with Crippen LogP contribution < -0.4 is 4.74 Å². The van der Waals surface area contributed by atoms with E-state index in [1.165, 1.54) is 5.56 Å². The maximum Gasteiger partial charge on any atom is 0.125 e. The Hall–Kier alpha value is -1.88. The van der Waals surface area contributed by atoms with Crippen LogP contribution >= 0.6 is 0 Å². The Labute approximate surface area is 155 Å². The van der Waals surface area contributed by atoms with Gasteiger partial charge in [0.25, 0.3) is 0 Å². The van der Waals surface area contributed by atoms with Crippen molar-refractivity contribution in [2.24, 2.45) is 0 Å². The Morgan fingerprint density at radius 1 is 1.12 bits per heavy atom. The van der Waals surface area contributed by atoms with Crippen molar-refractivity contribution in [3.05, 3.63) is 65.2 Å². The van der Waals surface area contributed by atoms with E-state index >= 15 is 0 Å². The smallest absolute Gasteiger partial charge is 0.125 e. The number of aryl methyl sites for hydroxylation is 1. The number of rotatable bonds is 3. The highest BCUT2D eigenvalue weighted by molar-refractivity contribution is 5.38. The highest BCUT2D eigenvalue weighted by Gasteiger charge is 2.42. The van der Waals surface area contributed by atoms with E-state index in [1.807, 2.05) is 48.5 Å². The Bertz CT molecular complexity index is 750. The van der Waals surface area contributed by atoms with Gasteiger partial charge in [-0.15, -0.1) is 0 Å². The Kier molecular flexibility index (Phi) is 4.74. The molecule has 0 radical (unpaired) electrons. The van der Waals surface area contributed by atoms with Crippen LogP contribution in [0.3, 0.4) is 0 Å². The average Bonchev–Trinajstić information content (AvgIpc) is 2.64. The minimum absolute atomic E-state index is 0.279. The maximum absolute atomic E-state index is 10.5. The number of aliphatic hydroxyl groups excluding tert-OH is 2. The molecule has 4 rings (SSSR count). The number of hydrogen-bond donors (Lipinski definition) is 2. The Morgan fingerprint density at radius 2 is 1.81 bits per heavy atom. The molecule has 2 atom stereocenters. The van der Waals surface area contributed by atoms with Crippen molar-refractivity contribution in [2.75, 3.05) is 19.6 Å². The molecule has 0 bridgehead atoms. The van der Waals surface area contributed by atoms with Crippen LogP contribution in [-0.4, -0.2) is 40.3 Å². The minimum atomic E-state index is -0.469. The lowest BCUT2D eigenvalue weighted by molar-refractivity contribution is -0.0587. The zero-order valence-corrected chi connectivity index (χ0v) is 15.3. The zero-order chi connectivity index (χ0) is 18.1. The molecule has 2 aliphatic rings. The van der Waals surface area contributed by atoms with E-state index in [2.05, 4.69) is 11.8 Å². The molecule has 2 aromatic carbocycles. The molecule has 0 unspecified atom stereocenters. The number of nitrogens with zero attached hydrogens (tertiary/aromatic N) is 1. The van der Waals surface area contributed by atoms with Crippen molar-refractivity contribution >= 4 is 0 Å². The standard InChI is InChI=1S/C22H27NO3/c1-16-6-8-17(9-7-16)20(25)15-23-12-10-22(11-13-23)14-19(24)18-4-2-3-5-21(18)26-22/h2-9,19-20,24-25H,10-15H2,1H3/t19-,20+/m1/s1. The second kappa shape index (κ2) is 7.03. The Balaban J connectivity index is 1.38. The summed E-state index contributed by atoms with van der Waals surface area (Å²) in [6.45, 7) is 4.44. The number of benzene rings is 2. The molecule has 0 amide bonds. The van der Waals surface area contributed by atoms with E-state index in [0.717, 1.165) is 42.8 Å². The number of likely N-dealkylation sites (tertiary alicyclic amines) is 1. The highest BCUT2D eigenvalue weighted by atomic mass is 16.5. The molecule has 1 saturated heterocycles. The van der Waals surface area contributed by atoms with Gasteiger partial charge in [-0.05, 0) is 31.4 Å².